The van der Waals surface area contributed by atoms with Crippen molar-refractivity contribution in [3.8, 4) is 0 Å². The van der Waals surface area contributed by atoms with Gasteiger partial charge in [-0.3, -0.25) is 14.3 Å². The lowest BCUT2D eigenvalue weighted by Crippen LogP contribution is -2.37. The first kappa shape index (κ1) is 10.9. The van der Waals surface area contributed by atoms with Crippen molar-refractivity contribution in [1.29, 1.82) is 0 Å². The maximum atomic E-state index is 11.6. The molecule has 0 radical (unpaired) electrons. The second-order valence-corrected chi connectivity index (χ2v) is 4.04. The van der Waals surface area contributed by atoms with E-state index >= 15 is 0 Å². The molecule has 0 aliphatic heterocycles. The first-order valence-electron chi connectivity index (χ1n) is 5.26. The van der Waals surface area contributed by atoms with E-state index in [1.807, 2.05) is 6.08 Å². The third kappa shape index (κ3) is 1.86. The molecule has 86 valence electrons. The summed E-state index contributed by atoms with van der Waals surface area (Å²) >= 11 is 0. The molecule has 0 bridgehead atoms. The maximum Gasteiger partial charge on any atom is 0.328 e. The van der Waals surface area contributed by atoms with Crippen LogP contribution in [0.15, 0.2) is 27.9 Å². The number of hydrogen-bond donors (Lipinski definition) is 2. The van der Waals surface area contributed by atoms with E-state index in [-0.39, 0.29) is 11.6 Å². The van der Waals surface area contributed by atoms with Crippen molar-refractivity contribution in [2.24, 2.45) is 0 Å². The van der Waals surface area contributed by atoms with Gasteiger partial charge in [-0.25, -0.2) is 4.79 Å². The standard InChI is InChI=1S/C11H14N2O3/c1-7-6-13(11(16)12-10(7)15)8-4-2-3-5-9(8)14/h2,4,6,8-9,14H,3,5H2,1H3,(H,12,15,16). The van der Waals surface area contributed by atoms with Crippen LogP contribution in [0.25, 0.3) is 0 Å². The number of H-pyrrole nitrogens is 1. The molecule has 0 fully saturated rings. The summed E-state index contributed by atoms with van der Waals surface area (Å²) in [4.78, 5) is 25.0. The van der Waals surface area contributed by atoms with Crippen molar-refractivity contribution >= 4 is 0 Å². The number of rotatable bonds is 1. The van der Waals surface area contributed by atoms with Crippen molar-refractivity contribution in [3.63, 3.8) is 0 Å². The quantitative estimate of drug-likeness (QED) is 0.661. The summed E-state index contributed by atoms with van der Waals surface area (Å²) < 4.78 is 1.37. The zero-order valence-electron chi connectivity index (χ0n) is 9.01. The molecule has 2 N–H and O–H groups in total. The van der Waals surface area contributed by atoms with Crippen LogP contribution in [-0.4, -0.2) is 20.8 Å². The summed E-state index contributed by atoms with van der Waals surface area (Å²) in [6, 6.07) is -0.378. The summed E-state index contributed by atoms with van der Waals surface area (Å²) in [5, 5.41) is 9.80. The Morgan fingerprint density at radius 2 is 2.25 bits per heavy atom. The number of aryl methyl sites for hydroxylation is 1. The van der Waals surface area contributed by atoms with Crippen molar-refractivity contribution in [2.45, 2.75) is 31.9 Å². The Balaban J connectivity index is 2.51. The van der Waals surface area contributed by atoms with Gasteiger partial charge >= 0.3 is 5.69 Å². The van der Waals surface area contributed by atoms with Gasteiger partial charge in [-0.2, -0.15) is 0 Å². The molecule has 5 nitrogen and oxygen atoms in total. The highest BCUT2D eigenvalue weighted by molar-refractivity contribution is 5.07. The molecule has 2 rings (SSSR count). The van der Waals surface area contributed by atoms with E-state index in [1.54, 1.807) is 13.0 Å². The molecule has 0 amide bonds. The summed E-state index contributed by atoms with van der Waals surface area (Å²) in [5.74, 6) is 0. The van der Waals surface area contributed by atoms with Crippen molar-refractivity contribution in [2.75, 3.05) is 0 Å². The third-order valence-electron chi connectivity index (χ3n) is 2.82. The molecule has 0 saturated heterocycles. The predicted octanol–water partition coefficient (Wildman–Crippen LogP) is 0.0970. The number of aliphatic hydroxyl groups is 1. The minimum absolute atomic E-state index is 0.378. The molecule has 1 aliphatic carbocycles. The minimum atomic E-state index is -0.576. The second-order valence-electron chi connectivity index (χ2n) is 4.04. The molecule has 2 atom stereocenters. The number of nitrogens with zero attached hydrogens (tertiary/aromatic N) is 1. The van der Waals surface area contributed by atoms with Crippen LogP contribution in [0.5, 0.6) is 0 Å². The van der Waals surface area contributed by atoms with Crippen molar-refractivity contribution in [1.82, 2.24) is 9.55 Å². The largest absolute Gasteiger partial charge is 0.391 e. The molecule has 0 spiro atoms. The number of nitrogens with one attached hydrogen (secondary N) is 1. The maximum absolute atomic E-state index is 11.6. The van der Waals surface area contributed by atoms with E-state index in [2.05, 4.69) is 4.98 Å². The SMILES string of the molecule is Cc1cn(C2C=CCCC2O)c(=O)[nH]c1=O. The van der Waals surface area contributed by atoms with Crippen LogP contribution in [0.2, 0.25) is 0 Å². The van der Waals surface area contributed by atoms with Gasteiger partial charge < -0.3 is 5.11 Å². The monoisotopic (exact) mass is 222 g/mol. The van der Waals surface area contributed by atoms with E-state index in [9.17, 15) is 14.7 Å². The van der Waals surface area contributed by atoms with Crippen molar-refractivity contribution < 1.29 is 5.11 Å². The second kappa shape index (κ2) is 4.09. The normalized spacial score (nSPS) is 24.6. The molecular weight excluding hydrogens is 208 g/mol. The predicted molar refractivity (Wildman–Crippen MR) is 59.5 cm³/mol. The average molecular weight is 222 g/mol. The summed E-state index contributed by atoms with van der Waals surface area (Å²) in [6.45, 7) is 1.63. The van der Waals surface area contributed by atoms with Crippen LogP contribution in [-0.2, 0) is 0 Å². The molecule has 0 saturated carbocycles. The molecule has 16 heavy (non-hydrogen) atoms. The lowest BCUT2D eigenvalue weighted by atomic mass is 9.99. The molecule has 2 unspecified atom stereocenters. The fourth-order valence-corrected chi connectivity index (χ4v) is 1.89. The fourth-order valence-electron chi connectivity index (χ4n) is 1.89. The van der Waals surface area contributed by atoms with Gasteiger partial charge in [0, 0.05) is 11.8 Å². The highest BCUT2D eigenvalue weighted by Crippen LogP contribution is 2.21. The Bertz CT molecular complexity index is 527. The van der Waals surface area contributed by atoms with Crippen LogP contribution >= 0.6 is 0 Å². The van der Waals surface area contributed by atoms with Gasteiger partial charge in [0.2, 0.25) is 0 Å². The Morgan fingerprint density at radius 3 is 2.94 bits per heavy atom. The number of allylic oxidation sites excluding steroid dienone is 1. The van der Waals surface area contributed by atoms with E-state index in [0.29, 0.717) is 12.0 Å². The average Bonchev–Trinajstić information content (AvgIpc) is 2.25. The molecule has 0 aromatic carbocycles. The summed E-state index contributed by atoms with van der Waals surface area (Å²) in [5.41, 5.74) is -0.396. The van der Waals surface area contributed by atoms with Gasteiger partial charge in [0.05, 0.1) is 12.1 Å². The molecule has 1 aromatic rings. The molecule has 5 heteroatoms. The van der Waals surface area contributed by atoms with Gasteiger partial charge in [0.1, 0.15) is 0 Å². The highest BCUT2D eigenvalue weighted by atomic mass is 16.3. The van der Waals surface area contributed by atoms with Gasteiger partial charge in [0.15, 0.2) is 0 Å². The Morgan fingerprint density at radius 1 is 1.50 bits per heavy atom. The Hall–Kier alpha value is -1.62. The highest BCUT2D eigenvalue weighted by Gasteiger charge is 2.21. The number of aliphatic hydroxyl groups excluding tert-OH is 1. The van der Waals surface area contributed by atoms with Crippen LogP contribution in [0.1, 0.15) is 24.4 Å². The van der Waals surface area contributed by atoms with E-state index in [0.717, 1.165) is 6.42 Å². The number of aromatic nitrogens is 2. The van der Waals surface area contributed by atoms with Crippen molar-refractivity contribution in [3.05, 3.63) is 44.8 Å². The fraction of sp³-hybridized carbons (Fsp3) is 0.455. The zero-order chi connectivity index (χ0) is 11.7. The van der Waals surface area contributed by atoms with Gasteiger partial charge in [-0.05, 0) is 19.8 Å². The lowest BCUT2D eigenvalue weighted by Gasteiger charge is -2.24. The van der Waals surface area contributed by atoms with Gasteiger partial charge in [-0.15, -0.1) is 0 Å². The van der Waals surface area contributed by atoms with E-state index < -0.39 is 11.8 Å². The van der Waals surface area contributed by atoms with E-state index in [4.69, 9.17) is 0 Å². The molecular formula is C11H14N2O3. The first-order valence-corrected chi connectivity index (χ1v) is 5.26. The Labute approximate surface area is 92.1 Å². The van der Waals surface area contributed by atoms with Crippen LogP contribution in [0.3, 0.4) is 0 Å². The summed E-state index contributed by atoms with van der Waals surface area (Å²) in [6.07, 6.45) is 6.09. The van der Waals surface area contributed by atoms with Gasteiger partial charge in [0.25, 0.3) is 5.56 Å². The van der Waals surface area contributed by atoms with Crippen LogP contribution < -0.4 is 11.2 Å². The Kier molecular flexibility index (Phi) is 2.78. The number of hydrogen-bond acceptors (Lipinski definition) is 3. The summed E-state index contributed by atoms with van der Waals surface area (Å²) in [7, 11) is 0. The topological polar surface area (TPSA) is 75.1 Å². The van der Waals surface area contributed by atoms with Crippen LogP contribution in [0, 0.1) is 6.92 Å². The first-order chi connectivity index (χ1) is 7.59. The molecule has 1 heterocycles. The lowest BCUT2D eigenvalue weighted by molar-refractivity contribution is 0.117. The number of aromatic amines is 1. The smallest absolute Gasteiger partial charge is 0.328 e. The molecule has 1 aliphatic rings. The molecule has 1 aromatic heterocycles. The van der Waals surface area contributed by atoms with Gasteiger partial charge in [-0.1, -0.05) is 12.2 Å². The van der Waals surface area contributed by atoms with Crippen LogP contribution in [0.4, 0.5) is 0 Å². The van der Waals surface area contributed by atoms with E-state index in [1.165, 1.54) is 10.8 Å². The third-order valence-corrected chi connectivity index (χ3v) is 2.82. The minimum Gasteiger partial charge on any atom is -0.391 e. The zero-order valence-corrected chi connectivity index (χ0v) is 9.01.